The van der Waals surface area contributed by atoms with E-state index < -0.39 is 0 Å². The third-order valence-corrected chi connectivity index (χ3v) is 3.49. The van der Waals surface area contributed by atoms with Crippen LogP contribution in [0.15, 0.2) is 41.8 Å². The molecule has 0 unspecified atom stereocenters. The topological polar surface area (TPSA) is 40.9 Å². The number of aryl methyl sites for hydroxylation is 1. The maximum atomic E-state index is 8.51. The molecule has 0 aliphatic rings. The minimum atomic E-state index is -0.250. The van der Waals surface area contributed by atoms with Crippen LogP contribution in [0.3, 0.4) is 0 Å². The highest BCUT2D eigenvalue weighted by Crippen LogP contribution is 2.11. The predicted octanol–water partition coefficient (Wildman–Crippen LogP) is 5.35. The molecule has 0 atom stereocenters. The van der Waals surface area contributed by atoms with Crippen LogP contribution in [0.25, 0.3) is 0 Å². The van der Waals surface area contributed by atoms with Gasteiger partial charge in [-0.25, -0.2) is 4.78 Å². The summed E-state index contributed by atoms with van der Waals surface area (Å²) in [6, 6.07) is 12.7. The molecule has 0 saturated carbocycles. The smallest absolute Gasteiger partial charge is 0.196 e. The minimum Gasteiger partial charge on any atom is -0.210 e. The number of hydrogen-bond acceptors (Lipinski definition) is 3. The van der Waals surface area contributed by atoms with Crippen LogP contribution in [0.4, 0.5) is 0 Å². The van der Waals surface area contributed by atoms with Crippen LogP contribution in [0.1, 0.15) is 43.9 Å². The first-order valence-corrected chi connectivity index (χ1v) is 8.28. The van der Waals surface area contributed by atoms with Gasteiger partial charge in [-0.15, -0.1) is 11.3 Å². The second-order valence-electron chi connectivity index (χ2n) is 4.10. The van der Waals surface area contributed by atoms with Crippen molar-refractivity contribution in [3.8, 4) is 0 Å². The summed E-state index contributed by atoms with van der Waals surface area (Å²) >= 11 is 1.60. The molecule has 1 aromatic rings. The molecule has 0 amide bonds. The zero-order valence-corrected chi connectivity index (χ0v) is 13.1. The van der Waals surface area contributed by atoms with Gasteiger partial charge in [-0.05, 0) is 24.3 Å². The van der Waals surface area contributed by atoms with Crippen molar-refractivity contribution in [3.63, 3.8) is 0 Å². The third-order valence-electron chi connectivity index (χ3n) is 2.55. The molecular weight excluding hydrogens is 274 g/mol. The van der Waals surface area contributed by atoms with Gasteiger partial charge in [-0.3, -0.25) is 0 Å². The number of nitrogens with one attached hydrogen (secondary N) is 1. The lowest BCUT2D eigenvalue weighted by Gasteiger charge is -1.98. The first kappa shape index (κ1) is 18.0. The average Bonchev–Trinajstić information content (AvgIpc) is 2.53. The number of unbranched alkanes of at least 4 members (excludes halogenated alkanes) is 4. The molecule has 0 aliphatic carbocycles. The Bertz CT molecular complexity index is 373. The van der Waals surface area contributed by atoms with E-state index in [9.17, 15) is 0 Å². The zero-order chi connectivity index (χ0) is 14.2. The van der Waals surface area contributed by atoms with Crippen molar-refractivity contribution in [1.82, 2.24) is 0 Å². The second kappa shape index (κ2) is 15.1. The SMILES string of the molecule is CCCCCCCc1cccccccs1.N=S=O. The Morgan fingerprint density at radius 3 is 2.42 bits per heavy atom. The molecule has 0 spiro atoms. The normalized spacial score (nSPS) is 8.89. The number of hydrogen-bond donors (Lipinski definition) is 1. The maximum absolute atomic E-state index is 8.51. The Morgan fingerprint density at radius 1 is 1.05 bits per heavy atom. The van der Waals surface area contributed by atoms with Gasteiger partial charge in [0.25, 0.3) is 0 Å². The lowest BCUT2D eigenvalue weighted by Crippen LogP contribution is -1.82. The van der Waals surface area contributed by atoms with Crippen LogP contribution in [0.5, 0.6) is 0 Å². The molecule has 0 aliphatic heterocycles. The molecule has 1 N–H and O–H groups in total. The van der Waals surface area contributed by atoms with Crippen molar-refractivity contribution in [3.05, 3.63) is 46.7 Å². The van der Waals surface area contributed by atoms with Gasteiger partial charge >= 0.3 is 0 Å². The van der Waals surface area contributed by atoms with E-state index in [0.29, 0.717) is 0 Å². The van der Waals surface area contributed by atoms with Gasteiger partial charge in [0.15, 0.2) is 11.5 Å². The molecule has 0 saturated heterocycles. The van der Waals surface area contributed by atoms with Crippen LogP contribution < -0.4 is 0 Å². The van der Waals surface area contributed by atoms with E-state index in [1.165, 1.54) is 43.4 Å². The summed E-state index contributed by atoms with van der Waals surface area (Å²) < 4.78 is 14.1. The van der Waals surface area contributed by atoms with Gasteiger partial charge < -0.3 is 0 Å². The van der Waals surface area contributed by atoms with Gasteiger partial charge in [-0.1, -0.05) is 62.9 Å². The molecule has 19 heavy (non-hydrogen) atoms. The molecule has 0 radical (unpaired) electrons. The fourth-order valence-corrected chi connectivity index (χ4v) is 2.38. The molecule has 1 rings (SSSR count). The largest absolute Gasteiger partial charge is 0.210 e. The van der Waals surface area contributed by atoms with E-state index in [1.807, 2.05) is 11.3 Å². The third kappa shape index (κ3) is 13.2. The molecular formula is C15H23NOS2. The van der Waals surface area contributed by atoms with Crippen molar-refractivity contribution in [1.29, 1.82) is 4.78 Å². The van der Waals surface area contributed by atoms with Gasteiger partial charge in [0.1, 0.15) is 0 Å². The Morgan fingerprint density at radius 2 is 1.68 bits per heavy atom. The summed E-state index contributed by atoms with van der Waals surface area (Å²) in [6.07, 6.45) is 8.03. The molecule has 1 heterocycles. The molecule has 1 aromatic heterocycles. The molecule has 0 fully saturated rings. The van der Waals surface area contributed by atoms with Crippen LogP contribution in [0, 0.1) is 4.78 Å². The van der Waals surface area contributed by atoms with Crippen LogP contribution >= 0.6 is 11.3 Å². The maximum Gasteiger partial charge on any atom is 0.196 e. The van der Waals surface area contributed by atoms with Crippen molar-refractivity contribution in [2.24, 2.45) is 0 Å². The lowest BCUT2D eigenvalue weighted by molar-refractivity contribution is 0.634. The highest BCUT2D eigenvalue weighted by molar-refractivity contribution is 7.53. The van der Waals surface area contributed by atoms with Crippen LogP contribution in [-0.4, -0.2) is 4.21 Å². The Hall–Kier alpha value is -1.00. The van der Waals surface area contributed by atoms with Gasteiger partial charge in [0.2, 0.25) is 0 Å². The Kier molecular flexibility index (Phi) is 14.3. The predicted molar refractivity (Wildman–Crippen MR) is 85.3 cm³/mol. The van der Waals surface area contributed by atoms with Gasteiger partial charge in [0.05, 0.1) is 0 Å². The molecule has 4 heteroatoms. The average molecular weight is 297 g/mol. The quantitative estimate of drug-likeness (QED) is 0.707. The van der Waals surface area contributed by atoms with E-state index in [4.69, 9.17) is 8.99 Å². The standard InChI is InChI=1S/C15H22S.HNOS/c1-2-3-4-6-9-12-15-13-10-7-5-8-11-14-16-15;1-3-2/h5,7-8,10-11,13-14H,2-4,6,9,12H2,1H3;1H. The fraction of sp³-hybridized carbons (Fsp3) is 0.467. The van der Waals surface area contributed by atoms with E-state index in [0.717, 1.165) is 0 Å². The second-order valence-corrected chi connectivity index (χ2v) is 5.30. The monoisotopic (exact) mass is 297 g/mol. The van der Waals surface area contributed by atoms with Crippen LogP contribution in [0.2, 0.25) is 0 Å². The van der Waals surface area contributed by atoms with E-state index in [2.05, 4.69) is 48.7 Å². The van der Waals surface area contributed by atoms with Gasteiger partial charge in [0, 0.05) is 4.88 Å². The minimum absolute atomic E-state index is 0.250. The fourth-order valence-electron chi connectivity index (χ4n) is 1.61. The summed E-state index contributed by atoms with van der Waals surface area (Å²) in [6.45, 7) is 2.26. The summed E-state index contributed by atoms with van der Waals surface area (Å²) in [5.41, 5.74) is 0. The van der Waals surface area contributed by atoms with Crippen molar-refractivity contribution in [2.75, 3.05) is 0 Å². The van der Waals surface area contributed by atoms with E-state index in [1.54, 1.807) is 0 Å². The summed E-state index contributed by atoms with van der Waals surface area (Å²) in [5.74, 6) is 0. The first-order valence-electron chi connectivity index (χ1n) is 6.66. The lowest BCUT2D eigenvalue weighted by atomic mass is 10.1. The summed E-state index contributed by atoms with van der Waals surface area (Å²) in [4.78, 5) is 1.48. The van der Waals surface area contributed by atoms with Crippen LogP contribution in [-0.2, 0) is 17.9 Å². The molecule has 0 bridgehead atoms. The summed E-state index contributed by atoms with van der Waals surface area (Å²) in [5, 5.41) is 2.17. The Labute approximate surface area is 124 Å². The van der Waals surface area contributed by atoms with E-state index in [-0.39, 0.29) is 11.5 Å². The number of rotatable bonds is 6. The molecule has 106 valence electrons. The first-order chi connectivity index (χ1) is 9.35. The van der Waals surface area contributed by atoms with Crippen molar-refractivity contribution in [2.45, 2.75) is 45.4 Å². The van der Waals surface area contributed by atoms with E-state index >= 15 is 0 Å². The Balaban J connectivity index is 0.000000982. The van der Waals surface area contributed by atoms with Crippen molar-refractivity contribution < 1.29 is 4.21 Å². The van der Waals surface area contributed by atoms with Gasteiger partial charge in [-0.2, -0.15) is 4.21 Å². The van der Waals surface area contributed by atoms with Crippen molar-refractivity contribution >= 4 is 22.8 Å². The highest BCUT2D eigenvalue weighted by atomic mass is 32.1. The highest BCUT2D eigenvalue weighted by Gasteiger charge is 1.91. The molecule has 0 aromatic carbocycles. The molecule has 2 nitrogen and oxygen atoms in total. The zero-order valence-electron chi connectivity index (χ0n) is 11.5. The summed E-state index contributed by atoms with van der Waals surface area (Å²) in [7, 11) is 0.